The summed E-state index contributed by atoms with van der Waals surface area (Å²) in [5, 5.41) is 12.3. The quantitative estimate of drug-likeness (QED) is 0.560. The Morgan fingerprint density at radius 2 is 2.09 bits per heavy atom. The van der Waals surface area contributed by atoms with Crippen molar-refractivity contribution in [2.75, 3.05) is 25.6 Å². The number of nitrogens with one attached hydrogen (secondary N) is 2. The zero-order valence-corrected chi connectivity index (χ0v) is 14.4. The third kappa shape index (κ3) is 5.81. The van der Waals surface area contributed by atoms with E-state index in [-0.39, 0.29) is 16.5 Å². The topological polar surface area (TPSA) is 105 Å². The lowest BCUT2D eigenvalue weighted by Crippen LogP contribution is -2.26. The van der Waals surface area contributed by atoms with E-state index in [1.54, 1.807) is 7.11 Å². The molecule has 0 bridgehead atoms. The largest absolute Gasteiger partial charge is 0.478 e. The lowest BCUT2D eigenvalue weighted by atomic mass is 10.1. The van der Waals surface area contributed by atoms with Crippen molar-refractivity contribution in [2.24, 2.45) is 0 Å². The highest BCUT2D eigenvalue weighted by atomic mass is 32.2. The Morgan fingerprint density at radius 1 is 1.39 bits per heavy atom. The van der Waals surface area contributed by atoms with E-state index in [4.69, 9.17) is 4.74 Å². The molecule has 1 aromatic carbocycles. The van der Waals surface area contributed by atoms with Gasteiger partial charge in [0.25, 0.3) is 0 Å². The van der Waals surface area contributed by atoms with Gasteiger partial charge in [-0.25, -0.2) is 17.9 Å². The maximum Gasteiger partial charge on any atom is 0.337 e. The SMILES string of the molecule is CCCCNS(=O)(=O)c1ccc(N[C@@H](C)COC)c(C(=O)O)c1. The number of hydrogen-bond acceptors (Lipinski definition) is 5. The molecule has 0 saturated heterocycles. The van der Waals surface area contributed by atoms with Gasteiger partial charge >= 0.3 is 5.97 Å². The third-order valence-electron chi connectivity index (χ3n) is 3.17. The van der Waals surface area contributed by atoms with Crippen LogP contribution < -0.4 is 10.0 Å². The molecule has 1 atom stereocenters. The minimum absolute atomic E-state index is 0.0593. The highest BCUT2D eigenvalue weighted by molar-refractivity contribution is 7.89. The van der Waals surface area contributed by atoms with Gasteiger partial charge in [-0.15, -0.1) is 0 Å². The Morgan fingerprint density at radius 3 is 2.65 bits per heavy atom. The number of aromatic carboxylic acids is 1. The number of carbonyl (C=O) groups is 1. The van der Waals surface area contributed by atoms with Gasteiger partial charge in [0.05, 0.1) is 17.1 Å². The fourth-order valence-electron chi connectivity index (χ4n) is 2.02. The lowest BCUT2D eigenvalue weighted by Gasteiger charge is -2.17. The molecule has 0 amide bonds. The summed E-state index contributed by atoms with van der Waals surface area (Å²) in [6, 6.07) is 3.91. The zero-order chi connectivity index (χ0) is 17.5. The van der Waals surface area contributed by atoms with Crippen molar-refractivity contribution in [3.8, 4) is 0 Å². The molecule has 7 nitrogen and oxygen atoms in total. The van der Waals surface area contributed by atoms with Crippen molar-refractivity contribution >= 4 is 21.7 Å². The molecule has 23 heavy (non-hydrogen) atoms. The van der Waals surface area contributed by atoms with Crippen LogP contribution in [0.25, 0.3) is 0 Å². The van der Waals surface area contributed by atoms with E-state index >= 15 is 0 Å². The van der Waals surface area contributed by atoms with Crippen molar-refractivity contribution in [3.05, 3.63) is 23.8 Å². The summed E-state index contributed by atoms with van der Waals surface area (Å²) >= 11 is 0. The fraction of sp³-hybridized carbons (Fsp3) is 0.533. The van der Waals surface area contributed by atoms with E-state index in [1.165, 1.54) is 18.2 Å². The first kappa shape index (κ1) is 19.4. The molecule has 0 aromatic heterocycles. The standard InChI is InChI=1S/C15H24N2O5S/c1-4-5-8-16-23(20,21)12-6-7-14(13(9-12)15(18)19)17-11(2)10-22-3/h6-7,9,11,16-17H,4-5,8,10H2,1-3H3,(H,18,19)/t11-/m0/s1. The van der Waals surface area contributed by atoms with Crippen LogP contribution in [0.5, 0.6) is 0 Å². The molecule has 0 aliphatic heterocycles. The van der Waals surface area contributed by atoms with Crippen LogP contribution in [-0.4, -0.2) is 45.8 Å². The Kier molecular flexibility index (Phi) is 7.47. The van der Waals surface area contributed by atoms with E-state index < -0.39 is 16.0 Å². The van der Waals surface area contributed by atoms with Crippen molar-refractivity contribution in [1.29, 1.82) is 0 Å². The molecular formula is C15H24N2O5S. The van der Waals surface area contributed by atoms with Crippen LogP contribution in [-0.2, 0) is 14.8 Å². The van der Waals surface area contributed by atoms with E-state index in [1.807, 2.05) is 13.8 Å². The van der Waals surface area contributed by atoms with Crippen LogP contribution >= 0.6 is 0 Å². The van der Waals surface area contributed by atoms with Crippen molar-refractivity contribution in [1.82, 2.24) is 4.72 Å². The summed E-state index contributed by atoms with van der Waals surface area (Å²) in [5.74, 6) is -1.19. The molecule has 0 aliphatic carbocycles. The monoisotopic (exact) mass is 344 g/mol. The molecule has 0 unspecified atom stereocenters. The second kappa shape index (κ2) is 8.85. The van der Waals surface area contributed by atoms with Crippen molar-refractivity contribution in [3.63, 3.8) is 0 Å². The molecule has 130 valence electrons. The molecule has 0 fully saturated rings. The van der Waals surface area contributed by atoms with Gasteiger partial charge in [0.15, 0.2) is 0 Å². The predicted octanol–water partition coefficient (Wildman–Crippen LogP) is 1.91. The van der Waals surface area contributed by atoms with Crippen LogP contribution in [0.1, 0.15) is 37.0 Å². The van der Waals surface area contributed by atoms with E-state index in [0.717, 1.165) is 12.8 Å². The molecular weight excluding hydrogens is 320 g/mol. The number of sulfonamides is 1. The first-order valence-corrected chi connectivity index (χ1v) is 8.92. The van der Waals surface area contributed by atoms with Gasteiger partial charge < -0.3 is 15.2 Å². The number of rotatable bonds is 10. The van der Waals surface area contributed by atoms with Gasteiger partial charge in [0.1, 0.15) is 0 Å². The number of methoxy groups -OCH3 is 1. The summed E-state index contributed by atoms with van der Waals surface area (Å²) < 4.78 is 31.8. The predicted molar refractivity (Wildman–Crippen MR) is 88.5 cm³/mol. The van der Waals surface area contributed by atoms with Crippen molar-refractivity contribution in [2.45, 2.75) is 37.6 Å². The highest BCUT2D eigenvalue weighted by Crippen LogP contribution is 2.21. The molecule has 1 rings (SSSR count). The van der Waals surface area contributed by atoms with Crippen LogP contribution in [0, 0.1) is 0 Å². The highest BCUT2D eigenvalue weighted by Gasteiger charge is 2.19. The summed E-state index contributed by atoms with van der Waals surface area (Å²) in [4.78, 5) is 11.4. The third-order valence-corrected chi connectivity index (χ3v) is 4.63. The van der Waals surface area contributed by atoms with Gasteiger partial charge in [-0.2, -0.15) is 0 Å². The molecule has 0 aliphatic rings. The second-order valence-electron chi connectivity index (χ2n) is 5.26. The number of anilines is 1. The Bertz CT molecular complexity index is 631. The number of ether oxygens (including phenoxy) is 1. The van der Waals surface area contributed by atoms with Gasteiger partial charge in [-0.1, -0.05) is 13.3 Å². The van der Waals surface area contributed by atoms with E-state index in [0.29, 0.717) is 18.8 Å². The van der Waals surface area contributed by atoms with E-state index in [9.17, 15) is 18.3 Å². The molecule has 0 heterocycles. The number of carboxylic acid groups (broad SMARTS) is 1. The first-order chi connectivity index (χ1) is 10.8. The first-order valence-electron chi connectivity index (χ1n) is 7.44. The van der Waals surface area contributed by atoms with Gasteiger partial charge in [-0.3, -0.25) is 0 Å². The molecule has 0 spiro atoms. The molecule has 1 aromatic rings. The number of hydrogen-bond donors (Lipinski definition) is 3. The maximum absolute atomic E-state index is 12.2. The Labute approximate surface area is 137 Å². The smallest absolute Gasteiger partial charge is 0.337 e. The lowest BCUT2D eigenvalue weighted by molar-refractivity contribution is 0.0697. The number of unbranched alkanes of at least 4 members (excludes halogenated alkanes) is 1. The minimum atomic E-state index is -3.71. The molecule has 8 heteroatoms. The average molecular weight is 344 g/mol. The van der Waals surface area contributed by atoms with Crippen LogP contribution in [0.2, 0.25) is 0 Å². The van der Waals surface area contributed by atoms with Crippen LogP contribution in [0.15, 0.2) is 23.1 Å². The minimum Gasteiger partial charge on any atom is -0.478 e. The second-order valence-corrected chi connectivity index (χ2v) is 7.03. The summed E-state index contributed by atoms with van der Waals surface area (Å²) in [5.41, 5.74) is 0.265. The van der Waals surface area contributed by atoms with Crippen LogP contribution in [0.3, 0.4) is 0 Å². The van der Waals surface area contributed by atoms with Gasteiger partial charge in [0.2, 0.25) is 10.0 Å². The number of carboxylic acids is 1. The average Bonchev–Trinajstić information content (AvgIpc) is 2.47. The molecule has 3 N–H and O–H groups in total. The maximum atomic E-state index is 12.2. The van der Waals surface area contributed by atoms with Gasteiger partial charge in [0, 0.05) is 25.4 Å². The zero-order valence-electron chi connectivity index (χ0n) is 13.6. The molecule has 0 saturated carbocycles. The molecule has 0 radical (unpaired) electrons. The van der Waals surface area contributed by atoms with E-state index in [2.05, 4.69) is 10.0 Å². The summed E-state index contributed by atoms with van der Waals surface area (Å²) in [6.07, 6.45) is 1.59. The summed E-state index contributed by atoms with van der Waals surface area (Å²) in [6.45, 7) is 4.52. The Hall–Kier alpha value is -1.64. The van der Waals surface area contributed by atoms with Gasteiger partial charge in [-0.05, 0) is 31.5 Å². The Balaban J connectivity index is 3.05. The van der Waals surface area contributed by atoms with Crippen LogP contribution in [0.4, 0.5) is 5.69 Å². The fourth-order valence-corrected chi connectivity index (χ4v) is 3.12. The summed E-state index contributed by atoms with van der Waals surface area (Å²) in [7, 11) is -2.16. The normalized spacial score (nSPS) is 12.8. The van der Waals surface area contributed by atoms with Crippen molar-refractivity contribution < 1.29 is 23.1 Å². The number of benzene rings is 1.